The Hall–Kier alpha value is -2.74. The first kappa shape index (κ1) is 22.9. The Morgan fingerprint density at radius 3 is 2.55 bits per heavy atom. The van der Waals surface area contributed by atoms with E-state index in [4.69, 9.17) is 9.47 Å². The molecule has 0 bridgehead atoms. The fourth-order valence-corrected chi connectivity index (χ4v) is 4.85. The van der Waals surface area contributed by atoms with Crippen molar-refractivity contribution in [3.63, 3.8) is 0 Å². The molecule has 1 amide bonds. The maximum Gasteiger partial charge on any atom is 0.254 e. The van der Waals surface area contributed by atoms with Crippen LogP contribution in [0.3, 0.4) is 0 Å². The van der Waals surface area contributed by atoms with E-state index in [0.29, 0.717) is 49.0 Å². The lowest BCUT2D eigenvalue weighted by atomic mass is 10.00. The predicted octanol–water partition coefficient (Wildman–Crippen LogP) is 3.47. The molecule has 0 N–H and O–H groups in total. The molecular weight excluding hydrogens is 416 g/mol. The van der Waals surface area contributed by atoms with Crippen LogP contribution in [0.5, 0.6) is 11.5 Å². The van der Waals surface area contributed by atoms with Crippen molar-refractivity contribution in [3.8, 4) is 11.5 Å². The van der Waals surface area contributed by atoms with Crippen LogP contribution < -0.4 is 13.8 Å². The van der Waals surface area contributed by atoms with Gasteiger partial charge in [0.25, 0.3) is 5.91 Å². The molecule has 0 saturated carbocycles. The van der Waals surface area contributed by atoms with Crippen molar-refractivity contribution in [2.24, 2.45) is 0 Å². The monoisotopic (exact) mass is 446 g/mol. The van der Waals surface area contributed by atoms with Crippen LogP contribution >= 0.6 is 0 Å². The largest absolute Gasteiger partial charge is 0.493 e. The Balaban J connectivity index is 1.83. The minimum atomic E-state index is -3.33. The fraction of sp³-hybridized carbons (Fsp3) is 0.435. The minimum Gasteiger partial charge on any atom is -0.493 e. The van der Waals surface area contributed by atoms with Gasteiger partial charge >= 0.3 is 0 Å². The highest BCUT2D eigenvalue weighted by atomic mass is 32.2. The second-order valence-electron chi connectivity index (χ2n) is 7.52. The molecule has 1 aliphatic rings. The second kappa shape index (κ2) is 9.60. The number of carbonyl (C=O) groups is 1. The third-order valence-electron chi connectivity index (χ3n) is 5.37. The van der Waals surface area contributed by atoms with Gasteiger partial charge in [-0.1, -0.05) is 6.07 Å². The van der Waals surface area contributed by atoms with Crippen molar-refractivity contribution in [3.05, 3.63) is 53.1 Å². The molecule has 8 heteroatoms. The number of ether oxygens (including phenoxy) is 2. The summed E-state index contributed by atoms with van der Waals surface area (Å²) in [5, 5.41) is 0. The Labute approximate surface area is 184 Å². The zero-order valence-electron chi connectivity index (χ0n) is 18.6. The molecule has 31 heavy (non-hydrogen) atoms. The third kappa shape index (κ3) is 5.12. The lowest BCUT2D eigenvalue weighted by molar-refractivity contribution is 0.0752. The maximum absolute atomic E-state index is 13.2. The van der Waals surface area contributed by atoms with Gasteiger partial charge < -0.3 is 14.4 Å². The fourth-order valence-electron chi connectivity index (χ4n) is 3.86. The molecule has 0 saturated heterocycles. The first-order valence-corrected chi connectivity index (χ1v) is 12.3. The summed E-state index contributed by atoms with van der Waals surface area (Å²) in [6.07, 6.45) is 2.71. The first-order chi connectivity index (χ1) is 14.8. The minimum absolute atomic E-state index is 0.0883. The lowest BCUT2D eigenvalue weighted by Crippen LogP contribution is -2.35. The van der Waals surface area contributed by atoms with E-state index in [-0.39, 0.29) is 5.91 Å². The van der Waals surface area contributed by atoms with Gasteiger partial charge in [-0.05, 0) is 68.1 Å². The van der Waals surface area contributed by atoms with E-state index in [9.17, 15) is 13.2 Å². The van der Waals surface area contributed by atoms with E-state index >= 15 is 0 Å². The smallest absolute Gasteiger partial charge is 0.254 e. The molecule has 0 unspecified atom stereocenters. The van der Waals surface area contributed by atoms with E-state index in [1.54, 1.807) is 24.1 Å². The van der Waals surface area contributed by atoms with Gasteiger partial charge in [-0.2, -0.15) is 0 Å². The number of methoxy groups -OCH3 is 1. The molecule has 7 nitrogen and oxygen atoms in total. The standard InChI is InChI=1S/C23H30N2O5S/c1-5-24(16-17-9-12-21(30-6-2)22(14-17)29-3)23(26)19-10-11-20-18(15-19)8-7-13-25(20)31(4,27)28/h9-12,14-15H,5-8,13,16H2,1-4H3. The molecule has 0 spiro atoms. The number of sulfonamides is 1. The van der Waals surface area contributed by atoms with Gasteiger partial charge in [0.15, 0.2) is 11.5 Å². The molecule has 2 aromatic carbocycles. The van der Waals surface area contributed by atoms with Crippen molar-refractivity contribution in [1.82, 2.24) is 4.90 Å². The summed E-state index contributed by atoms with van der Waals surface area (Å²) in [7, 11) is -1.74. The molecule has 0 fully saturated rings. The molecule has 0 aliphatic carbocycles. The summed E-state index contributed by atoms with van der Waals surface area (Å²) in [4.78, 5) is 15.0. The van der Waals surface area contributed by atoms with E-state index in [1.165, 1.54) is 10.6 Å². The SMILES string of the molecule is CCOc1ccc(CN(CC)C(=O)c2ccc3c(c2)CCCN3S(C)(=O)=O)cc1OC. The molecule has 168 valence electrons. The number of hydrogen-bond donors (Lipinski definition) is 0. The normalized spacial score (nSPS) is 13.5. The first-order valence-electron chi connectivity index (χ1n) is 10.5. The Kier molecular flexibility index (Phi) is 7.10. The number of amides is 1. The average molecular weight is 447 g/mol. The van der Waals surface area contributed by atoms with Gasteiger partial charge in [-0.25, -0.2) is 8.42 Å². The number of nitrogens with zero attached hydrogens (tertiary/aromatic N) is 2. The summed E-state index contributed by atoms with van der Waals surface area (Å²) < 4.78 is 36.5. The zero-order chi connectivity index (χ0) is 22.6. The zero-order valence-corrected chi connectivity index (χ0v) is 19.4. The summed E-state index contributed by atoms with van der Waals surface area (Å²) in [5.41, 5.74) is 3.07. The second-order valence-corrected chi connectivity index (χ2v) is 9.43. The molecule has 0 radical (unpaired) electrons. The predicted molar refractivity (Wildman–Crippen MR) is 122 cm³/mol. The van der Waals surface area contributed by atoms with Crippen molar-refractivity contribution in [1.29, 1.82) is 0 Å². The topological polar surface area (TPSA) is 76.2 Å². The van der Waals surface area contributed by atoms with E-state index in [2.05, 4.69) is 0 Å². The summed E-state index contributed by atoms with van der Waals surface area (Å²) >= 11 is 0. The molecule has 3 rings (SSSR count). The summed E-state index contributed by atoms with van der Waals surface area (Å²) in [5.74, 6) is 1.22. The van der Waals surface area contributed by atoms with Gasteiger partial charge in [0.05, 0.1) is 25.7 Å². The average Bonchev–Trinajstić information content (AvgIpc) is 2.76. The summed E-state index contributed by atoms with van der Waals surface area (Å²) in [6.45, 7) is 5.85. The van der Waals surface area contributed by atoms with Crippen molar-refractivity contribution in [2.75, 3.05) is 37.4 Å². The van der Waals surface area contributed by atoms with Crippen LogP contribution in [-0.4, -0.2) is 52.3 Å². The maximum atomic E-state index is 13.2. The molecular formula is C23H30N2O5S. The molecule has 0 aromatic heterocycles. The van der Waals surface area contributed by atoms with Crippen molar-refractivity contribution >= 4 is 21.6 Å². The molecule has 2 aromatic rings. The number of carbonyl (C=O) groups excluding carboxylic acids is 1. The number of rotatable bonds is 8. The highest BCUT2D eigenvalue weighted by molar-refractivity contribution is 7.92. The van der Waals surface area contributed by atoms with Crippen molar-refractivity contribution < 1.29 is 22.7 Å². The van der Waals surface area contributed by atoms with Crippen LogP contribution in [0.15, 0.2) is 36.4 Å². The van der Waals surface area contributed by atoms with Gasteiger partial charge in [0.2, 0.25) is 10.0 Å². The number of anilines is 1. The van der Waals surface area contributed by atoms with Crippen LogP contribution in [0.2, 0.25) is 0 Å². The quantitative estimate of drug-likeness (QED) is 0.621. The molecule has 0 atom stereocenters. The van der Waals surface area contributed by atoms with Gasteiger partial charge in [-0.3, -0.25) is 9.10 Å². The Morgan fingerprint density at radius 1 is 1.13 bits per heavy atom. The highest BCUT2D eigenvalue weighted by Crippen LogP contribution is 2.31. The summed E-state index contributed by atoms with van der Waals surface area (Å²) in [6, 6.07) is 11.0. The highest BCUT2D eigenvalue weighted by Gasteiger charge is 2.25. The van der Waals surface area contributed by atoms with E-state index in [0.717, 1.165) is 24.0 Å². The Bertz CT molecular complexity index is 1050. The number of benzene rings is 2. The van der Waals surface area contributed by atoms with Crippen LogP contribution in [0, 0.1) is 0 Å². The van der Waals surface area contributed by atoms with E-state index < -0.39 is 10.0 Å². The van der Waals surface area contributed by atoms with Gasteiger partial charge in [0, 0.05) is 25.2 Å². The number of fused-ring (bicyclic) bond motifs is 1. The molecule has 1 heterocycles. The van der Waals surface area contributed by atoms with Crippen LogP contribution in [0.25, 0.3) is 0 Å². The number of hydrogen-bond acceptors (Lipinski definition) is 5. The third-order valence-corrected chi connectivity index (χ3v) is 6.55. The van der Waals surface area contributed by atoms with Crippen LogP contribution in [-0.2, 0) is 23.0 Å². The van der Waals surface area contributed by atoms with Gasteiger partial charge in [-0.15, -0.1) is 0 Å². The van der Waals surface area contributed by atoms with Crippen LogP contribution in [0.4, 0.5) is 5.69 Å². The molecule has 1 aliphatic heterocycles. The van der Waals surface area contributed by atoms with Gasteiger partial charge in [0.1, 0.15) is 0 Å². The number of aryl methyl sites for hydroxylation is 1. The van der Waals surface area contributed by atoms with E-state index in [1.807, 2.05) is 38.1 Å². The van der Waals surface area contributed by atoms with Crippen LogP contribution in [0.1, 0.15) is 41.8 Å². The Morgan fingerprint density at radius 2 is 1.90 bits per heavy atom. The van der Waals surface area contributed by atoms with Crippen molar-refractivity contribution in [2.45, 2.75) is 33.2 Å². The lowest BCUT2D eigenvalue weighted by Gasteiger charge is -2.30.